The number of hydrogen-bond donors (Lipinski definition) is 3. The summed E-state index contributed by atoms with van der Waals surface area (Å²) in [4.78, 5) is 40.3. The highest BCUT2D eigenvalue weighted by Gasteiger charge is 2.22. The first-order chi connectivity index (χ1) is 14.1. The van der Waals surface area contributed by atoms with Crippen molar-refractivity contribution in [1.82, 2.24) is 20.4 Å². The average Bonchev–Trinajstić information content (AvgIpc) is 2.71. The van der Waals surface area contributed by atoms with E-state index in [1.807, 2.05) is 35.2 Å². The molecule has 1 saturated heterocycles. The van der Waals surface area contributed by atoms with Gasteiger partial charge in [-0.2, -0.15) is 0 Å². The number of piperazine rings is 1. The second-order valence-electron chi connectivity index (χ2n) is 7.82. The fourth-order valence-electron chi connectivity index (χ4n) is 3.87. The van der Waals surface area contributed by atoms with E-state index in [4.69, 9.17) is 0 Å². The van der Waals surface area contributed by atoms with Crippen molar-refractivity contribution < 1.29 is 14.4 Å². The van der Waals surface area contributed by atoms with Gasteiger partial charge in [-0.1, -0.05) is 37.5 Å². The van der Waals surface area contributed by atoms with Crippen molar-refractivity contribution in [1.29, 1.82) is 0 Å². The molecular formula is C21H31N5O3. The zero-order valence-electron chi connectivity index (χ0n) is 16.9. The van der Waals surface area contributed by atoms with Crippen LogP contribution in [0.2, 0.25) is 0 Å². The first-order valence-corrected chi connectivity index (χ1v) is 10.5. The van der Waals surface area contributed by atoms with E-state index in [9.17, 15) is 14.4 Å². The molecule has 0 aromatic heterocycles. The third-order valence-corrected chi connectivity index (χ3v) is 5.45. The van der Waals surface area contributed by atoms with Gasteiger partial charge in [0, 0.05) is 37.9 Å². The van der Waals surface area contributed by atoms with Crippen LogP contribution in [0.15, 0.2) is 30.3 Å². The van der Waals surface area contributed by atoms with Crippen LogP contribution in [0, 0.1) is 0 Å². The second kappa shape index (κ2) is 10.9. The molecule has 158 valence electrons. The molecule has 0 spiro atoms. The normalized spacial score (nSPS) is 18.8. The third-order valence-electron chi connectivity index (χ3n) is 5.45. The van der Waals surface area contributed by atoms with Gasteiger partial charge in [-0.05, 0) is 25.0 Å². The molecule has 0 unspecified atom stereocenters. The number of para-hydroxylation sites is 1. The van der Waals surface area contributed by atoms with E-state index < -0.39 is 6.03 Å². The van der Waals surface area contributed by atoms with Crippen molar-refractivity contribution in [2.45, 2.75) is 38.1 Å². The van der Waals surface area contributed by atoms with Gasteiger partial charge in [0.1, 0.15) is 0 Å². The molecule has 8 heteroatoms. The van der Waals surface area contributed by atoms with Gasteiger partial charge in [-0.15, -0.1) is 0 Å². The van der Waals surface area contributed by atoms with E-state index in [0.29, 0.717) is 32.7 Å². The van der Waals surface area contributed by atoms with E-state index in [1.54, 1.807) is 0 Å². The first-order valence-electron chi connectivity index (χ1n) is 10.5. The van der Waals surface area contributed by atoms with Gasteiger partial charge in [0.25, 0.3) is 0 Å². The molecule has 0 radical (unpaired) electrons. The van der Waals surface area contributed by atoms with Crippen LogP contribution in [0.25, 0.3) is 0 Å². The molecule has 1 aromatic rings. The van der Waals surface area contributed by atoms with Crippen molar-refractivity contribution in [3.05, 3.63) is 30.3 Å². The van der Waals surface area contributed by atoms with Gasteiger partial charge in [0.2, 0.25) is 11.8 Å². The molecule has 1 aliphatic carbocycles. The number of imide groups is 1. The smallest absolute Gasteiger partial charge is 0.321 e. The fraction of sp³-hybridized carbons (Fsp3) is 0.571. The fourth-order valence-corrected chi connectivity index (χ4v) is 3.87. The molecule has 4 amide bonds. The van der Waals surface area contributed by atoms with Crippen LogP contribution < -0.4 is 16.0 Å². The summed E-state index contributed by atoms with van der Waals surface area (Å²) < 4.78 is 0. The number of nitrogens with zero attached hydrogens (tertiary/aromatic N) is 2. The van der Waals surface area contributed by atoms with Crippen LogP contribution >= 0.6 is 0 Å². The number of amides is 4. The molecule has 2 fully saturated rings. The standard InChI is InChI=1S/C21H31N5O3/c27-19(22-17-7-3-1-4-8-17)15-25-11-13-26(14-12-25)16-20(28)24-21(29)23-18-9-5-2-6-10-18/h1,3-4,7-8,18H,2,5-6,9-16H2,(H,22,27)(H2,23,24,28,29). The SMILES string of the molecule is O=C(CN1CCN(CC(=O)Nc2ccccc2)CC1)NC(=O)NC1CCCCC1. The predicted molar refractivity (Wildman–Crippen MR) is 111 cm³/mol. The van der Waals surface area contributed by atoms with Crippen LogP contribution in [0.3, 0.4) is 0 Å². The highest BCUT2D eigenvalue weighted by molar-refractivity contribution is 5.95. The highest BCUT2D eigenvalue weighted by atomic mass is 16.2. The van der Waals surface area contributed by atoms with E-state index in [2.05, 4.69) is 20.9 Å². The van der Waals surface area contributed by atoms with Crippen molar-refractivity contribution >= 4 is 23.5 Å². The number of rotatable bonds is 6. The summed E-state index contributed by atoms with van der Waals surface area (Å²) in [6.07, 6.45) is 5.46. The maximum atomic E-state index is 12.1. The molecule has 3 N–H and O–H groups in total. The topological polar surface area (TPSA) is 93.8 Å². The molecule has 2 aliphatic rings. The summed E-state index contributed by atoms with van der Waals surface area (Å²) >= 11 is 0. The Morgan fingerprint density at radius 3 is 2.03 bits per heavy atom. The number of carbonyl (C=O) groups is 3. The van der Waals surface area contributed by atoms with Crippen LogP contribution in [0.4, 0.5) is 10.5 Å². The molecule has 1 aliphatic heterocycles. The lowest BCUT2D eigenvalue weighted by Gasteiger charge is -2.33. The molecule has 0 atom stereocenters. The van der Waals surface area contributed by atoms with E-state index in [-0.39, 0.29) is 24.4 Å². The van der Waals surface area contributed by atoms with Crippen molar-refractivity contribution in [2.24, 2.45) is 0 Å². The minimum Gasteiger partial charge on any atom is -0.335 e. The Labute approximate surface area is 172 Å². The van der Waals surface area contributed by atoms with Crippen LogP contribution in [0.1, 0.15) is 32.1 Å². The summed E-state index contributed by atoms with van der Waals surface area (Å²) in [6, 6.07) is 9.19. The Kier molecular flexibility index (Phi) is 8.01. The number of urea groups is 1. The van der Waals surface area contributed by atoms with Gasteiger partial charge >= 0.3 is 6.03 Å². The van der Waals surface area contributed by atoms with Gasteiger partial charge in [-0.3, -0.25) is 24.7 Å². The number of nitrogens with one attached hydrogen (secondary N) is 3. The number of carbonyl (C=O) groups excluding carboxylic acids is 3. The Balaban J connectivity index is 1.31. The summed E-state index contributed by atoms with van der Waals surface area (Å²) in [5.41, 5.74) is 0.791. The van der Waals surface area contributed by atoms with Crippen molar-refractivity contribution in [2.75, 3.05) is 44.6 Å². The van der Waals surface area contributed by atoms with Crippen LogP contribution in [-0.4, -0.2) is 73.0 Å². The molecule has 0 bridgehead atoms. The summed E-state index contributed by atoms with van der Waals surface area (Å²) in [5.74, 6) is -0.324. The molecule has 29 heavy (non-hydrogen) atoms. The molecule has 8 nitrogen and oxygen atoms in total. The van der Waals surface area contributed by atoms with Crippen molar-refractivity contribution in [3.63, 3.8) is 0 Å². The quantitative estimate of drug-likeness (QED) is 0.670. The van der Waals surface area contributed by atoms with E-state index in [1.165, 1.54) is 6.42 Å². The van der Waals surface area contributed by atoms with Gasteiger partial charge < -0.3 is 10.6 Å². The molecule has 3 rings (SSSR count). The Morgan fingerprint density at radius 1 is 0.828 bits per heavy atom. The van der Waals surface area contributed by atoms with E-state index in [0.717, 1.165) is 31.4 Å². The molecular weight excluding hydrogens is 370 g/mol. The van der Waals surface area contributed by atoms with Crippen molar-refractivity contribution in [3.8, 4) is 0 Å². The summed E-state index contributed by atoms with van der Waals surface area (Å²) in [7, 11) is 0. The second-order valence-corrected chi connectivity index (χ2v) is 7.82. The van der Waals surface area contributed by atoms with Gasteiger partial charge in [-0.25, -0.2) is 4.79 Å². The van der Waals surface area contributed by atoms with E-state index >= 15 is 0 Å². The Morgan fingerprint density at radius 2 is 1.41 bits per heavy atom. The van der Waals surface area contributed by atoms with Crippen LogP contribution in [-0.2, 0) is 9.59 Å². The highest BCUT2D eigenvalue weighted by Crippen LogP contribution is 2.17. The lowest BCUT2D eigenvalue weighted by Crippen LogP contribution is -2.52. The largest absolute Gasteiger partial charge is 0.335 e. The Bertz CT molecular complexity index is 683. The Hall–Kier alpha value is -2.45. The monoisotopic (exact) mass is 401 g/mol. The van der Waals surface area contributed by atoms with Gasteiger partial charge in [0.15, 0.2) is 0 Å². The number of benzene rings is 1. The summed E-state index contributed by atoms with van der Waals surface area (Å²) in [5, 5.41) is 8.22. The maximum absolute atomic E-state index is 12.1. The molecule has 1 aromatic carbocycles. The average molecular weight is 402 g/mol. The third kappa shape index (κ3) is 7.47. The zero-order valence-corrected chi connectivity index (χ0v) is 16.9. The van der Waals surface area contributed by atoms with Gasteiger partial charge in [0.05, 0.1) is 13.1 Å². The minimum absolute atomic E-state index is 0.0400. The molecule has 1 heterocycles. The summed E-state index contributed by atoms with van der Waals surface area (Å²) in [6.45, 7) is 3.33. The lowest BCUT2D eigenvalue weighted by molar-refractivity contribution is -0.122. The first kappa shape index (κ1) is 21.3. The predicted octanol–water partition coefficient (Wildman–Crippen LogP) is 1.40. The molecule has 1 saturated carbocycles. The zero-order chi connectivity index (χ0) is 20.5. The van der Waals surface area contributed by atoms with Crippen LogP contribution in [0.5, 0.6) is 0 Å². The number of anilines is 1. The lowest BCUT2D eigenvalue weighted by atomic mass is 9.96. The number of hydrogen-bond acceptors (Lipinski definition) is 5. The maximum Gasteiger partial charge on any atom is 0.321 e. The minimum atomic E-state index is -0.391.